The second kappa shape index (κ2) is 14.0. The van der Waals surface area contributed by atoms with Crippen LogP contribution in [0.4, 0.5) is 4.79 Å². The van der Waals surface area contributed by atoms with Crippen LogP contribution < -0.4 is 5.32 Å². The van der Waals surface area contributed by atoms with Gasteiger partial charge in [0.25, 0.3) is 0 Å². The molecule has 57 heavy (non-hydrogen) atoms. The molecule has 2 unspecified atom stereocenters. The molecule has 3 aliphatic heterocycles. The minimum Gasteiger partial charge on any atom is -0.465 e. The molecule has 3 saturated heterocycles. The van der Waals surface area contributed by atoms with Gasteiger partial charge in [-0.15, -0.1) is 0 Å². The summed E-state index contributed by atoms with van der Waals surface area (Å²) in [6.45, 7) is 32.3. The van der Waals surface area contributed by atoms with Crippen LogP contribution >= 0.6 is 0 Å². The molecular weight excluding hydrogens is 707 g/mol. The van der Waals surface area contributed by atoms with E-state index in [1.807, 2.05) is 37.8 Å². The molecule has 11 atom stereocenters. The lowest BCUT2D eigenvalue weighted by atomic mass is 9.33. The summed E-state index contributed by atoms with van der Waals surface area (Å²) in [5.74, 6) is 3.49. The fraction of sp³-hybridized carbons (Fsp3) is 0.760. The number of allylic oxidation sites excluding steroid dienone is 3. The number of carbonyl (C=O) groups is 2. The molecule has 7 nitrogen and oxygen atoms in total. The molecule has 2 bridgehead atoms. The average Bonchev–Trinajstić information content (AvgIpc) is 3.53. The summed E-state index contributed by atoms with van der Waals surface area (Å²) in [7, 11) is 1.45. The van der Waals surface area contributed by atoms with Crippen LogP contribution in [-0.4, -0.2) is 78.4 Å². The van der Waals surface area contributed by atoms with Crippen LogP contribution in [0.2, 0.25) is 0 Å². The van der Waals surface area contributed by atoms with Gasteiger partial charge in [0, 0.05) is 31.7 Å². The number of ether oxygens (including phenoxy) is 2. The van der Waals surface area contributed by atoms with Gasteiger partial charge >= 0.3 is 12.1 Å². The molecular formula is C50H75N3O4. The second-order valence-electron chi connectivity index (χ2n) is 22.5. The minimum atomic E-state index is -0.464. The van der Waals surface area contributed by atoms with E-state index in [1.165, 1.54) is 75.2 Å². The van der Waals surface area contributed by atoms with Crippen molar-refractivity contribution in [2.75, 3.05) is 33.3 Å². The Bertz CT molecular complexity index is 1780. The topological polar surface area (TPSA) is 71.1 Å². The number of hydrogen-bond acceptors (Lipinski definition) is 6. The van der Waals surface area contributed by atoms with E-state index in [0.717, 1.165) is 32.6 Å². The number of piperidine rings is 1. The first kappa shape index (κ1) is 41.1. The lowest BCUT2D eigenvalue weighted by Crippen LogP contribution is -2.75. The van der Waals surface area contributed by atoms with Gasteiger partial charge in [-0.05, 0) is 166 Å². The second-order valence-corrected chi connectivity index (χ2v) is 22.5. The molecule has 1 N–H and O–H groups in total. The number of carbonyl (C=O) groups excluding carboxylic acids is 2. The Kier molecular flexibility index (Phi) is 10.1. The maximum Gasteiger partial charge on any atom is 0.410 e. The highest BCUT2D eigenvalue weighted by Gasteiger charge is 2.70. The van der Waals surface area contributed by atoms with E-state index in [4.69, 9.17) is 9.47 Å². The lowest BCUT2D eigenvalue weighted by molar-refractivity contribution is -0.219. The fourth-order valence-corrected chi connectivity index (χ4v) is 15.7. The molecule has 314 valence electrons. The minimum absolute atomic E-state index is 0.0436. The number of benzene rings is 1. The predicted molar refractivity (Wildman–Crippen MR) is 230 cm³/mol. The molecule has 1 aromatic rings. The van der Waals surface area contributed by atoms with Crippen molar-refractivity contribution >= 4 is 17.6 Å². The molecule has 3 heterocycles. The summed E-state index contributed by atoms with van der Waals surface area (Å²) in [4.78, 5) is 29.9. The highest BCUT2D eigenvalue weighted by Crippen LogP contribution is 2.76. The van der Waals surface area contributed by atoms with Gasteiger partial charge in [-0.1, -0.05) is 71.9 Å². The third-order valence-electron chi connectivity index (χ3n) is 18.6. The predicted octanol–water partition coefficient (Wildman–Crippen LogP) is 10.4. The van der Waals surface area contributed by atoms with E-state index >= 15 is 0 Å². The standard InChI is InChI=1S/C50H75N3O4/c1-31(2)35-19-24-50(51-27-28-52-29-38-32(3)39(30-52)53(38)44(55)57-45(4,5)6)26-25-48(10)37(42(35)50)17-18-41-47(9)22-20-36(33-13-15-34(16-14-33)43(54)56-12)46(7,8)40(47)21-23-49(41,48)11/h13-16,20,32,35,37-42,51H,1,17-19,21-30H2,2-12H3/t32?,35-,37+,38?,39?,40-,41+,42+,47-,48+,49+,50-/m0/s1. The van der Waals surface area contributed by atoms with Crippen LogP contribution in [-0.2, 0) is 9.47 Å². The summed E-state index contributed by atoms with van der Waals surface area (Å²) < 4.78 is 10.8. The van der Waals surface area contributed by atoms with Crippen LogP contribution in [0.15, 0.2) is 42.5 Å². The Labute approximate surface area is 345 Å². The van der Waals surface area contributed by atoms with Crippen molar-refractivity contribution in [3.05, 3.63) is 53.6 Å². The van der Waals surface area contributed by atoms with E-state index < -0.39 is 5.60 Å². The van der Waals surface area contributed by atoms with Crippen molar-refractivity contribution < 1.29 is 19.1 Å². The summed E-state index contributed by atoms with van der Waals surface area (Å²) in [5, 5.41) is 4.35. The Morgan fingerprint density at radius 1 is 0.895 bits per heavy atom. The molecule has 8 aliphatic rings. The summed E-state index contributed by atoms with van der Waals surface area (Å²) in [6.07, 6.45) is 13.9. The van der Waals surface area contributed by atoms with Gasteiger partial charge < -0.3 is 14.8 Å². The zero-order valence-electron chi connectivity index (χ0n) is 37.4. The summed E-state index contributed by atoms with van der Waals surface area (Å²) in [5.41, 5.74) is 5.31. The van der Waals surface area contributed by atoms with Crippen LogP contribution in [0.1, 0.15) is 143 Å². The number of nitrogens with one attached hydrogen (secondary N) is 1. The Hall–Kier alpha value is -2.64. The lowest BCUT2D eigenvalue weighted by Gasteiger charge is -2.72. The maximum atomic E-state index is 13.1. The van der Waals surface area contributed by atoms with Gasteiger partial charge in [0.1, 0.15) is 5.60 Å². The van der Waals surface area contributed by atoms with E-state index in [2.05, 4.69) is 83.5 Å². The van der Waals surface area contributed by atoms with Crippen molar-refractivity contribution in [1.82, 2.24) is 15.1 Å². The van der Waals surface area contributed by atoms with Crippen molar-refractivity contribution in [2.24, 2.45) is 57.2 Å². The Morgan fingerprint density at radius 2 is 1.58 bits per heavy atom. The van der Waals surface area contributed by atoms with Crippen molar-refractivity contribution in [1.29, 1.82) is 0 Å². The largest absolute Gasteiger partial charge is 0.465 e. The van der Waals surface area contributed by atoms with Crippen molar-refractivity contribution in [3.63, 3.8) is 0 Å². The highest BCUT2D eigenvalue weighted by atomic mass is 16.6. The molecule has 1 aromatic carbocycles. The third-order valence-corrected chi connectivity index (χ3v) is 18.6. The van der Waals surface area contributed by atoms with E-state index in [9.17, 15) is 9.59 Å². The first-order valence-electron chi connectivity index (χ1n) is 22.7. The quantitative estimate of drug-likeness (QED) is 0.219. The Balaban J connectivity index is 0.989. The van der Waals surface area contributed by atoms with Gasteiger partial charge in [0.15, 0.2) is 0 Å². The highest BCUT2D eigenvalue weighted by molar-refractivity contribution is 5.90. The molecule has 9 rings (SSSR count). The molecule has 7 heteroatoms. The zero-order valence-corrected chi connectivity index (χ0v) is 37.4. The van der Waals surface area contributed by atoms with Gasteiger partial charge in [-0.2, -0.15) is 0 Å². The number of piperazine rings is 1. The molecule has 1 amide bonds. The van der Waals surface area contributed by atoms with Gasteiger partial charge in [-0.3, -0.25) is 9.80 Å². The van der Waals surface area contributed by atoms with E-state index in [-0.39, 0.29) is 40.5 Å². The van der Waals surface area contributed by atoms with Gasteiger partial charge in [0.05, 0.1) is 24.8 Å². The molecule has 4 saturated carbocycles. The SMILES string of the molecule is C=C(C)[C@@H]1CC[C@]2(NCCN3CC4C(C)C(C3)N4C(=O)OC(C)(C)C)CC[C@]3(C)[C@H](CC[C@@H]4[C@@]5(C)CC=C(c6ccc(C(=O)OC)cc6)C(C)(C)[C@@H]5CC[C@]43C)[C@@H]12. The molecule has 5 aliphatic carbocycles. The first-order chi connectivity index (χ1) is 26.7. The van der Waals surface area contributed by atoms with Crippen molar-refractivity contribution in [3.8, 4) is 0 Å². The average molecular weight is 782 g/mol. The molecule has 0 radical (unpaired) electrons. The number of fused-ring (bicyclic) bond motifs is 9. The van der Waals surface area contributed by atoms with Crippen LogP contribution in [0.25, 0.3) is 5.57 Å². The van der Waals surface area contributed by atoms with Crippen LogP contribution in [0.3, 0.4) is 0 Å². The smallest absolute Gasteiger partial charge is 0.410 e. The summed E-state index contributed by atoms with van der Waals surface area (Å²) >= 11 is 0. The first-order valence-corrected chi connectivity index (χ1v) is 22.7. The normalized spacial score (nSPS) is 42.0. The zero-order chi connectivity index (χ0) is 41.1. The fourth-order valence-electron chi connectivity index (χ4n) is 15.7. The van der Waals surface area contributed by atoms with Crippen molar-refractivity contribution in [2.45, 2.75) is 150 Å². The monoisotopic (exact) mass is 782 g/mol. The van der Waals surface area contributed by atoms with E-state index in [1.54, 1.807) is 0 Å². The molecule has 0 spiro atoms. The number of rotatable bonds is 7. The maximum absolute atomic E-state index is 13.1. The summed E-state index contributed by atoms with van der Waals surface area (Å²) in [6, 6.07) is 8.65. The number of esters is 1. The van der Waals surface area contributed by atoms with Gasteiger partial charge in [0.2, 0.25) is 0 Å². The van der Waals surface area contributed by atoms with Crippen LogP contribution in [0.5, 0.6) is 0 Å². The Morgan fingerprint density at radius 3 is 2.21 bits per heavy atom. The molecule has 0 aromatic heterocycles. The van der Waals surface area contributed by atoms with E-state index in [0.29, 0.717) is 51.9 Å². The van der Waals surface area contributed by atoms with Crippen LogP contribution in [0, 0.1) is 57.2 Å². The molecule has 7 fully saturated rings. The van der Waals surface area contributed by atoms with Gasteiger partial charge in [-0.25, -0.2) is 9.59 Å². The number of amides is 1. The number of methoxy groups -OCH3 is 1. The third kappa shape index (κ3) is 6.23. The number of nitrogens with zero attached hydrogens (tertiary/aromatic N) is 2. The number of hydrogen-bond donors (Lipinski definition) is 1.